The van der Waals surface area contributed by atoms with E-state index >= 15 is 0 Å². The van der Waals surface area contributed by atoms with Gasteiger partial charge in [-0.15, -0.1) is 0 Å². The van der Waals surface area contributed by atoms with Gasteiger partial charge in [0.1, 0.15) is 0 Å². The highest BCUT2D eigenvalue weighted by Crippen LogP contribution is 2.21. The molecule has 0 saturated carbocycles. The average molecular weight is 315 g/mol. The zero-order valence-corrected chi connectivity index (χ0v) is 14.1. The van der Waals surface area contributed by atoms with Crippen molar-refractivity contribution < 1.29 is 9.32 Å². The summed E-state index contributed by atoms with van der Waals surface area (Å²) in [6.07, 6.45) is 2.63. The second-order valence-electron chi connectivity index (χ2n) is 6.38. The van der Waals surface area contributed by atoms with Crippen LogP contribution in [0.2, 0.25) is 0 Å². The van der Waals surface area contributed by atoms with Crippen molar-refractivity contribution in [2.24, 2.45) is 0 Å². The molecule has 2 aromatic rings. The molecule has 5 nitrogen and oxygen atoms in total. The summed E-state index contributed by atoms with van der Waals surface area (Å²) in [5, 5.41) is 6.89. The molecule has 23 heavy (non-hydrogen) atoms. The zero-order valence-electron chi connectivity index (χ0n) is 14.1. The van der Waals surface area contributed by atoms with Crippen LogP contribution >= 0.6 is 0 Å². The third-order valence-corrected chi connectivity index (χ3v) is 3.83. The second-order valence-corrected chi connectivity index (χ2v) is 6.38. The minimum atomic E-state index is -0.101. The average Bonchev–Trinajstić information content (AvgIpc) is 3.00. The highest BCUT2D eigenvalue weighted by molar-refractivity contribution is 5.76. The standard InChI is InChI=1S/C18H25N3O2/c1-4-8-15-20-17(23-21-15)12-11-16(22)19-13-18(2,3)14-9-6-5-7-10-14/h5-7,9-10H,4,8,11-13H2,1-3H3,(H,19,22). The molecule has 1 N–H and O–H groups in total. The molecule has 1 heterocycles. The number of benzene rings is 1. The number of nitrogens with one attached hydrogen (secondary N) is 1. The largest absolute Gasteiger partial charge is 0.355 e. The number of carbonyl (C=O) groups is 1. The number of hydrogen-bond donors (Lipinski definition) is 1. The molecule has 0 unspecified atom stereocenters. The Morgan fingerprint density at radius 3 is 2.65 bits per heavy atom. The van der Waals surface area contributed by atoms with Crippen molar-refractivity contribution in [1.29, 1.82) is 0 Å². The maximum Gasteiger partial charge on any atom is 0.227 e. The first-order chi connectivity index (χ1) is 11.0. The smallest absolute Gasteiger partial charge is 0.227 e. The summed E-state index contributed by atoms with van der Waals surface area (Å²) in [5.74, 6) is 1.25. The van der Waals surface area contributed by atoms with Gasteiger partial charge in [-0.05, 0) is 12.0 Å². The van der Waals surface area contributed by atoms with Gasteiger partial charge in [0.05, 0.1) is 0 Å². The van der Waals surface area contributed by atoms with Crippen molar-refractivity contribution in [3.05, 3.63) is 47.6 Å². The van der Waals surface area contributed by atoms with Crippen LogP contribution in [0.5, 0.6) is 0 Å². The van der Waals surface area contributed by atoms with E-state index in [1.54, 1.807) is 0 Å². The minimum Gasteiger partial charge on any atom is -0.355 e. The first kappa shape index (κ1) is 17.2. The Bertz CT molecular complexity index is 620. The van der Waals surface area contributed by atoms with E-state index < -0.39 is 0 Å². The minimum absolute atomic E-state index is 0.00393. The fourth-order valence-electron chi connectivity index (χ4n) is 2.34. The Morgan fingerprint density at radius 2 is 1.96 bits per heavy atom. The van der Waals surface area contributed by atoms with E-state index in [9.17, 15) is 4.79 Å². The van der Waals surface area contributed by atoms with E-state index in [0.29, 0.717) is 31.1 Å². The lowest BCUT2D eigenvalue weighted by molar-refractivity contribution is -0.121. The number of hydrogen-bond acceptors (Lipinski definition) is 4. The fourth-order valence-corrected chi connectivity index (χ4v) is 2.34. The van der Waals surface area contributed by atoms with Crippen molar-refractivity contribution >= 4 is 5.91 Å². The summed E-state index contributed by atoms with van der Waals surface area (Å²) in [6.45, 7) is 6.91. The van der Waals surface area contributed by atoms with Gasteiger partial charge in [0.2, 0.25) is 11.8 Å². The van der Waals surface area contributed by atoms with Crippen molar-refractivity contribution in [3.63, 3.8) is 0 Å². The highest BCUT2D eigenvalue weighted by Gasteiger charge is 2.21. The summed E-state index contributed by atoms with van der Waals surface area (Å²) in [6, 6.07) is 10.2. The molecule has 0 atom stereocenters. The Morgan fingerprint density at radius 1 is 1.22 bits per heavy atom. The summed E-state index contributed by atoms with van der Waals surface area (Å²) in [7, 11) is 0. The summed E-state index contributed by atoms with van der Waals surface area (Å²) >= 11 is 0. The third kappa shape index (κ3) is 5.20. The van der Waals surface area contributed by atoms with Crippen LogP contribution in [0.25, 0.3) is 0 Å². The van der Waals surface area contributed by atoms with E-state index in [-0.39, 0.29) is 11.3 Å². The lowest BCUT2D eigenvalue weighted by atomic mass is 9.84. The molecular weight excluding hydrogens is 290 g/mol. The normalized spacial score (nSPS) is 11.4. The van der Waals surface area contributed by atoms with E-state index in [2.05, 4.69) is 48.4 Å². The van der Waals surface area contributed by atoms with Crippen LogP contribution in [-0.2, 0) is 23.1 Å². The molecule has 0 saturated heterocycles. The summed E-state index contributed by atoms with van der Waals surface area (Å²) in [5.41, 5.74) is 1.11. The Labute approximate surface area is 137 Å². The maximum atomic E-state index is 12.0. The third-order valence-electron chi connectivity index (χ3n) is 3.83. The van der Waals surface area contributed by atoms with Crippen LogP contribution in [0.4, 0.5) is 0 Å². The molecule has 0 fully saturated rings. The van der Waals surface area contributed by atoms with Gasteiger partial charge in [-0.2, -0.15) is 4.98 Å². The van der Waals surface area contributed by atoms with Crippen LogP contribution in [-0.4, -0.2) is 22.6 Å². The first-order valence-electron chi connectivity index (χ1n) is 8.15. The second kappa shape index (κ2) is 7.90. The van der Waals surface area contributed by atoms with E-state index in [1.807, 2.05) is 18.2 Å². The Balaban J connectivity index is 1.78. The predicted octanol–water partition coefficient (Wildman–Crippen LogP) is 3.05. The summed E-state index contributed by atoms with van der Waals surface area (Å²) in [4.78, 5) is 16.3. The van der Waals surface area contributed by atoms with E-state index in [1.165, 1.54) is 5.56 Å². The topological polar surface area (TPSA) is 68.0 Å². The molecule has 0 spiro atoms. The molecule has 2 rings (SSSR count). The number of aryl methyl sites for hydroxylation is 2. The quantitative estimate of drug-likeness (QED) is 0.813. The highest BCUT2D eigenvalue weighted by atomic mass is 16.5. The predicted molar refractivity (Wildman–Crippen MR) is 89.1 cm³/mol. The van der Waals surface area contributed by atoms with Crippen LogP contribution in [0.15, 0.2) is 34.9 Å². The van der Waals surface area contributed by atoms with Crippen molar-refractivity contribution in [2.45, 2.75) is 51.9 Å². The van der Waals surface area contributed by atoms with Crippen molar-refractivity contribution in [2.75, 3.05) is 6.54 Å². The van der Waals surface area contributed by atoms with Gasteiger partial charge in [-0.3, -0.25) is 4.79 Å². The van der Waals surface area contributed by atoms with Gasteiger partial charge in [-0.25, -0.2) is 0 Å². The molecule has 0 radical (unpaired) electrons. The number of aromatic nitrogens is 2. The Kier molecular flexibility index (Phi) is 5.90. The van der Waals surface area contributed by atoms with Crippen LogP contribution < -0.4 is 5.32 Å². The molecule has 124 valence electrons. The van der Waals surface area contributed by atoms with Gasteiger partial charge in [0.15, 0.2) is 5.82 Å². The van der Waals surface area contributed by atoms with Gasteiger partial charge in [0.25, 0.3) is 0 Å². The molecule has 0 aliphatic heterocycles. The molecule has 0 aliphatic rings. The molecule has 1 amide bonds. The van der Waals surface area contributed by atoms with Gasteiger partial charge >= 0.3 is 0 Å². The van der Waals surface area contributed by atoms with Crippen molar-refractivity contribution in [3.8, 4) is 0 Å². The number of amides is 1. The SMILES string of the molecule is CCCc1noc(CCC(=O)NCC(C)(C)c2ccccc2)n1. The molecule has 0 aliphatic carbocycles. The molecule has 1 aromatic heterocycles. The van der Waals surface area contributed by atoms with E-state index in [4.69, 9.17) is 4.52 Å². The summed E-state index contributed by atoms with van der Waals surface area (Å²) < 4.78 is 5.14. The molecular formula is C18H25N3O2. The van der Waals surface area contributed by atoms with E-state index in [0.717, 1.165) is 12.8 Å². The number of carbonyl (C=O) groups excluding carboxylic acids is 1. The molecule has 0 bridgehead atoms. The zero-order chi connectivity index (χ0) is 16.7. The monoisotopic (exact) mass is 315 g/mol. The maximum absolute atomic E-state index is 12.0. The number of rotatable bonds is 8. The van der Waals surface area contributed by atoms with Gasteiger partial charge < -0.3 is 9.84 Å². The van der Waals surface area contributed by atoms with Crippen molar-refractivity contribution in [1.82, 2.24) is 15.5 Å². The fraction of sp³-hybridized carbons (Fsp3) is 0.500. The lowest BCUT2D eigenvalue weighted by Gasteiger charge is -2.25. The van der Waals surface area contributed by atoms with Gasteiger partial charge in [0, 0.05) is 31.2 Å². The number of nitrogens with zero attached hydrogens (tertiary/aromatic N) is 2. The lowest BCUT2D eigenvalue weighted by Crippen LogP contribution is -2.36. The van der Waals surface area contributed by atoms with Crippen LogP contribution in [0, 0.1) is 0 Å². The van der Waals surface area contributed by atoms with Crippen LogP contribution in [0.3, 0.4) is 0 Å². The Hall–Kier alpha value is -2.17. The molecule has 5 heteroatoms. The molecule has 1 aromatic carbocycles. The first-order valence-corrected chi connectivity index (χ1v) is 8.15. The van der Waals surface area contributed by atoms with Crippen LogP contribution in [0.1, 0.15) is 50.9 Å². The van der Waals surface area contributed by atoms with Gasteiger partial charge in [-0.1, -0.05) is 56.3 Å².